The number of nitrogens with zero attached hydrogens (tertiary/aromatic N) is 2. The van der Waals surface area contributed by atoms with Crippen LogP contribution in [0.1, 0.15) is 86.2 Å². The monoisotopic (exact) mass is 604 g/mol. The van der Waals surface area contributed by atoms with Crippen LogP contribution in [0, 0.1) is 5.92 Å². The Bertz CT molecular complexity index is 1270. The van der Waals surface area contributed by atoms with Crippen LogP contribution in [0.5, 0.6) is 5.75 Å². The molecule has 9 heteroatoms. The molecule has 44 heavy (non-hydrogen) atoms. The Labute approximate surface area is 261 Å². The van der Waals surface area contributed by atoms with Crippen molar-refractivity contribution < 1.29 is 24.2 Å². The molecule has 9 nitrogen and oxygen atoms in total. The van der Waals surface area contributed by atoms with Crippen LogP contribution in [0.3, 0.4) is 0 Å². The number of rotatable bonds is 11. The smallest absolute Gasteiger partial charge is 0.251 e. The summed E-state index contributed by atoms with van der Waals surface area (Å²) in [5.74, 6) is 0.447. The molecule has 3 fully saturated rings. The molecule has 1 aliphatic carbocycles. The van der Waals surface area contributed by atoms with E-state index in [2.05, 4.69) is 46.7 Å². The number of hydrogen-bond acceptors (Lipinski definition) is 6. The van der Waals surface area contributed by atoms with Crippen LogP contribution in [-0.4, -0.2) is 77.0 Å². The summed E-state index contributed by atoms with van der Waals surface area (Å²) in [6, 6.07) is 14.6. The van der Waals surface area contributed by atoms with Crippen LogP contribution >= 0.6 is 0 Å². The molecule has 0 aromatic heterocycles. The third-order valence-corrected chi connectivity index (χ3v) is 9.83. The summed E-state index contributed by atoms with van der Waals surface area (Å²) in [5, 5.41) is 16.8. The van der Waals surface area contributed by atoms with Crippen molar-refractivity contribution in [3.63, 3.8) is 0 Å². The van der Waals surface area contributed by atoms with E-state index in [0.717, 1.165) is 63.7 Å². The first-order chi connectivity index (χ1) is 21.3. The number of aliphatic hydroxyl groups is 1. The summed E-state index contributed by atoms with van der Waals surface area (Å²) in [7, 11) is 1.61. The molecule has 2 aromatic carbocycles. The van der Waals surface area contributed by atoms with Crippen molar-refractivity contribution in [2.75, 3.05) is 26.7 Å². The maximum Gasteiger partial charge on any atom is 0.251 e. The van der Waals surface area contributed by atoms with Crippen molar-refractivity contribution in [3.8, 4) is 5.75 Å². The van der Waals surface area contributed by atoms with Gasteiger partial charge in [0, 0.05) is 38.8 Å². The maximum absolute atomic E-state index is 13.8. The van der Waals surface area contributed by atoms with Crippen molar-refractivity contribution in [3.05, 3.63) is 65.2 Å². The maximum atomic E-state index is 13.8. The fraction of sp³-hybridized carbons (Fsp3) is 0.571. The van der Waals surface area contributed by atoms with Gasteiger partial charge in [-0.25, -0.2) is 0 Å². The number of aliphatic hydroxyl groups excluding tert-OH is 1. The van der Waals surface area contributed by atoms with Gasteiger partial charge in [-0.15, -0.1) is 0 Å². The zero-order valence-electron chi connectivity index (χ0n) is 26.2. The topological polar surface area (TPSA) is 111 Å². The van der Waals surface area contributed by atoms with Crippen molar-refractivity contribution in [1.82, 2.24) is 20.4 Å². The number of nitrogens with one attached hydrogen (secondary N) is 2. The minimum absolute atomic E-state index is 0.0710. The van der Waals surface area contributed by atoms with Gasteiger partial charge >= 0.3 is 0 Å². The zero-order chi connectivity index (χ0) is 31.1. The lowest BCUT2D eigenvalue weighted by Gasteiger charge is -2.52. The molecule has 2 aromatic rings. The summed E-state index contributed by atoms with van der Waals surface area (Å²) in [6.07, 6.45) is 7.28. The molecule has 1 saturated carbocycles. The predicted molar refractivity (Wildman–Crippen MR) is 169 cm³/mol. The van der Waals surface area contributed by atoms with E-state index in [0.29, 0.717) is 37.3 Å². The molecular formula is C35H48N4O5. The standard InChI is InChI=1S/C35H48N4O5/c1-3-4-20-39-33(42)30(31(40)27-8-6-5-7-9-27)37-34(43)35(39)18-21-38(22-19-35)23-25-10-12-26(13-11-25)24-44-29-16-14-28(15-17-29)32(41)36-2/h10-17,27,30-31,40H,3-9,18-24H2,1-2H3,(H,36,41)(H,37,43)/t30-,31-/m1/s1. The summed E-state index contributed by atoms with van der Waals surface area (Å²) >= 11 is 0. The second kappa shape index (κ2) is 14.6. The number of carbonyl (C=O) groups excluding carboxylic acids is 3. The molecule has 3 N–H and O–H groups in total. The molecule has 0 unspecified atom stereocenters. The lowest BCUT2D eigenvalue weighted by molar-refractivity contribution is -0.166. The van der Waals surface area contributed by atoms with E-state index in [1.165, 1.54) is 12.0 Å². The van der Waals surface area contributed by atoms with Gasteiger partial charge in [0.1, 0.15) is 23.9 Å². The molecule has 2 saturated heterocycles. The molecule has 2 atom stereocenters. The summed E-state index contributed by atoms with van der Waals surface area (Å²) in [4.78, 5) is 43.5. The van der Waals surface area contributed by atoms with Gasteiger partial charge in [0.2, 0.25) is 11.8 Å². The van der Waals surface area contributed by atoms with Crippen molar-refractivity contribution in [1.29, 1.82) is 0 Å². The van der Waals surface area contributed by atoms with E-state index in [-0.39, 0.29) is 23.6 Å². The lowest BCUT2D eigenvalue weighted by atomic mass is 9.78. The lowest BCUT2D eigenvalue weighted by Crippen LogP contribution is -2.75. The third kappa shape index (κ3) is 7.10. The number of amides is 3. The Balaban J connectivity index is 1.16. The Morgan fingerprint density at radius 1 is 1.02 bits per heavy atom. The van der Waals surface area contributed by atoms with Gasteiger partial charge < -0.3 is 25.4 Å². The average molecular weight is 605 g/mol. The zero-order valence-corrected chi connectivity index (χ0v) is 26.2. The highest BCUT2D eigenvalue weighted by Crippen LogP contribution is 2.36. The molecule has 2 heterocycles. The predicted octanol–water partition coefficient (Wildman–Crippen LogP) is 4.03. The highest BCUT2D eigenvalue weighted by atomic mass is 16.5. The van der Waals surface area contributed by atoms with Crippen LogP contribution in [0.15, 0.2) is 48.5 Å². The van der Waals surface area contributed by atoms with Gasteiger partial charge in [0.05, 0.1) is 6.10 Å². The van der Waals surface area contributed by atoms with Crippen LogP contribution in [-0.2, 0) is 22.7 Å². The Morgan fingerprint density at radius 3 is 2.32 bits per heavy atom. The van der Waals surface area contributed by atoms with Crippen LogP contribution < -0.4 is 15.4 Å². The van der Waals surface area contributed by atoms with Crippen molar-refractivity contribution >= 4 is 17.7 Å². The molecule has 3 aliphatic rings. The third-order valence-electron chi connectivity index (χ3n) is 9.83. The first-order valence-corrected chi connectivity index (χ1v) is 16.4. The quantitative estimate of drug-likeness (QED) is 0.357. The van der Waals surface area contributed by atoms with Crippen molar-refractivity contribution in [2.24, 2.45) is 5.92 Å². The molecule has 3 amide bonds. The number of unbranched alkanes of at least 4 members (excludes halogenated alkanes) is 1. The number of benzene rings is 2. The second-order valence-electron chi connectivity index (χ2n) is 12.7. The Kier molecular flexibility index (Phi) is 10.6. The Morgan fingerprint density at radius 2 is 1.68 bits per heavy atom. The number of carbonyl (C=O) groups is 3. The van der Waals surface area contributed by atoms with Gasteiger partial charge in [-0.3, -0.25) is 19.3 Å². The summed E-state index contributed by atoms with van der Waals surface area (Å²) < 4.78 is 5.90. The van der Waals surface area contributed by atoms with E-state index in [1.807, 2.05) is 4.90 Å². The van der Waals surface area contributed by atoms with Crippen molar-refractivity contribution in [2.45, 2.75) is 95.5 Å². The van der Waals surface area contributed by atoms with E-state index in [1.54, 1.807) is 31.3 Å². The molecule has 1 spiro atoms. The average Bonchev–Trinajstić information content (AvgIpc) is 3.07. The fourth-order valence-electron chi connectivity index (χ4n) is 7.05. The number of ether oxygens (including phenoxy) is 1. The molecule has 5 rings (SSSR count). The Hall–Kier alpha value is -3.43. The van der Waals surface area contributed by atoms with E-state index < -0.39 is 17.7 Å². The number of likely N-dealkylation sites (tertiary alicyclic amines) is 1. The molecule has 0 bridgehead atoms. The van der Waals surface area contributed by atoms with Crippen LogP contribution in [0.25, 0.3) is 0 Å². The first kappa shape index (κ1) is 32.0. The van der Waals surface area contributed by atoms with E-state index in [9.17, 15) is 19.5 Å². The number of piperazine rings is 1. The minimum atomic E-state index is -0.842. The number of piperidine rings is 1. The largest absolute Gasteiger partial charge is 0.489 e. The molecular weight excluding hydrogens is 556 g/mol. The van der Waals surface area contributed by atoms with Gasteiger partial charge in [-0.2, -0.15) is 0 Å². The highest BCUT2D eigenvalue weighted by molar-refractivity contribution is 6.00. The van der Waals surface area contributed by atoms with Crippen LogP contribution in [0.4, 0.5) is 0 Å². The number of hydrogen-bond donors (Lipinski definition) is 3. The summed E-state index contributed by atoms with van der Waals surface area (Å²) in [6.45, 7) is 5.29. The van der Waals surface area contributed by atoms with Crippen LogP contribution in [0.2, 0.25) is 0 Å². The van der Waals surface area contributed by atoms with E-state index >= 15 is 0 Å². The normalized spacial score (nSPS) is 21.6. The fourth-order valence-corrected chi connectivity index (χ4v) is 7.05. The minimum Gasteiger partial charge on any atom is -0.489 e. The van der Waals surface area contributed by atoms with E-state index in [4.69, 9.17) is 4.74 Å². The first-order valence-electron chi connectivity index (χ1n) is 16.4. The summed E-state index contributed by atoms with van der Waals surface area (Å²) in [5.41, 5.74) is 1.98. The molecule has 2 aliphatic heterocycles. The molecule has 0 radical (unpaired) electrons. The SMILES string of the molecule is CCCCN1C(=O)[C@@H]([C@H](O)C2CCCCC2)NC(=O)C12CCN(Cc1ccc(COc3ccc(C(=O)NC)cc3)cc1)CC2. The highest BCUT2D eigenvalue weighted by Gasteiger charge is 2.55. The van der Waals surface area contributed by atoms with Gasteiger partial charge in [0.25, 0.3) is 5.91 Å². The van der Waals surface area contributed by atoms with Gasteiger partial charge in [-0.1, -0.05) is 56.9 Å². The second-order valence-corrected chi connectivity index (χ2v) is 12.7. The van der Waals surface area contributed by atoms with Gasteiger partial charge in [0.15, 0.2) is 0 Å². The van der Waals surface area contributed by atoms with Gasteiger partial charge in [-0.05, 0) is 73.4 Å². The molecule has 238 valence electrons.